The second kappa shape index (κ2) is 7.89. The highest BCUT2D eigenvalue weighted by molar-refractivity contribution is 7.91. The van der Waals surface area contributed by atoms with Crippen LogP contribution >= 0.6 is 11.3 Å². The number of hydrogen-bond donors (Lipinski definition) is 2. The molecule has 0 aliphatic carbocycles. The van der Waals surface area contributed by atoms with E-state index >= 15 is 0 Å². The molecular formula is C12H22N2O2S2. The Labute approximate surface area is 114 Å². The summed E-state index contributed by atoms with van der Waals surface area (Å²) in [5.74, 6) is 0. The van der Waals surface area contributed by atoms with E-state index in [1.54, 1.807) is 6.07 Å². The highest BCUT2D eigenvalue weighted by Crippen LogP contribution is 2.20. The third-order valence-corrected chi connectivity index (χ3v) is 5.50. The zero-order valence-corrected chi connectivity index (χ0v) is 12.7. The summed E-state index contributed by atoms with van der Waals surface area (Å²) < 4.78 is 27.0. The second-order valence-electron chi connectivity index (χ2n) is 4.16. The molecule has 0 atom stereocenters. The van der Waals surface area contributed by atoms with E-state index in [0.717, 1.165) is 37.9 Å². The summed E-state index contributed by atoms with van der Waals surface area (Å²) in [6.45, 7) is 6.25. The molecule has 0 spiro atoms. The van der Waals surface area contributed by atoms with Gasteiger partial charge < -0.3 is 5.32 Å². The Morgan fingerprint density at radius 2 is 2.06 bits per heavy atom. The average Bonchev–Trinajstić information content (AvgIpc) is 2.81. The minimum absolute atomic E-state index is 0.409. The van der Waals surface area contributed by atoms with Gasteiger partial charge in [0, 0.05) is 13.1 Å². The fourth-order valence-corrected chi connectivity index (χ4v) is 3.84. The number of nitrogens with one attached hydrogen (secondary N) is 2. The Bertz CT molecular complexity index is 441. The van der Waals surface area contributed by atoms with Crippen molar-refractivity contribution in [1.29, 1.82) is 0 Å². The van der Waals surface area contributed by atoms with Gasteiger partial charge in [-0.15, -0.1) is 11.3 Å². The molecule has 104 valence electrons. The Balaban J connectivity index is 2.53. The van der Waals surface area contributed by atoms with E-state index in [1.807, 2.05) is 12.3 Å². The summed E-state index contributed by atoms with van der Waals surface area (Å²) in [6, 6.07) is 1.75. The number of unbranched alkanes of at least 4 members (excludes halogenated alkanes) is 2. The maximum absolute atomic E-state index is 12.0. The van der Waals surface area contributed by atoms with Crippen molar-refractivity contribution >= 4 is 21.4 Å². The fourth-order valence-electron chi connectivity index (χ4n) is 1.51. The van der Waals surface area contributed by atoms with E-state index in [2.05, 4.69) is 17.0 Å². The molecule has 2 N–H and O–H groups in total. The van der Waals surface area contributed by atoms with Crippen molar-refractivity contribution in [3.63, 3.8) is 0 Å². The molecular weight excluding hydrogens is 268 g/mol. The van der Waals surface area contributed by atoms with Gasteiger partial charge in [-0.3, -0.25) is 0 Å². The van der Waals surface area contributed by atoms with Crippen molar-refractivity contribution < 1.29 is 8.42 Å². The highest BCUT2D eigenvalue weighted by atomic mass is 32.2. The van der Waals surface area contributed by atoms with Crippen molar-refractivity contribution in [1.82, 2.24) is 10.0 Å². The molecule has 0 aliphatic heterocycles. The Morgan fingerprint density at radius 3 is 2.72 bits per heavy atom. The topological polar surface area (TPSA) is 58.2 Å². The zero-order chi connectivity index (χ0) is 13.4. The SMILES string of the molecule is CCCCCNS(=O)(=O)c1cc(CNCC)cs1. The lowest BCUT2D eigenvalue weighted by molar-refractivity contribution is 0.578. The molecule has 0 fully saturated rings. The lowest BCUT2D eigenvalue weighted by atomic mass is 10.3. The zero-order valence-electron chi connectivity index (χ0n) is 11.0. The number of thiophene rings is 1. The summed E-state index contributed by atoms with van der Waals surface area (Å²) in [4.78, 5) is 0. The molecule has 6 heteroatoms. The van der Waals surface area contributed by atoms with Crippen LogP contribution in [0.1, 0.15) is 38.7 Å². The van der Waals surface area contributed by atoms with Crippen LogP contribution in [0.25, 0.3) is 0 Å². The summed E-state index contributed by atoms with van der Waals surface area (Å²) in [6.07, 6.45) is 3.04. The van der Waals surface area contributed by atoms with Gasteiger partial charge >= 0.3 is 0 Å². The molecule has 1 heterocycles. The molecule has 0 amide bonds. The van der Waals surface area contributed by atoms with Crippen molar-refractivity contribution in [2.24, 2.45) is 0 Å². The minimum atomic E-state index is -3.30. The molecule has 1 rings (SSSR count). The smallest absolute Gasteiger partial charge is 0.250 e. The van der Waals surface area contributed by atoms with Crippen LogP contribution in [-0.4, -0.2) is 21.5 Å². The molecule has 18 heavy (non-hydrogen) atoms. The summed E-state index contributed by atoms with van der Waals surface area (Å²) in [7, 11) is -3.30. The van der Waals surface area contributed by atoms with Gasteiger partial charge in [0.15, 0.2) is 0 Å². The minimum Gasteiger partial charge on any atom is -0.313 e. The van der Waals surface area contributed by atoms with Crippen LogP contribution in [0, 0.1) is 0 Å². The molecule has 0 unspecified atom stereocenters. The largest absolute Gasteiger partial charge is 0.313 e. The highest BCUT2D eigenvalue weighted by Gasteiger charge is 2.15. The van der Waals surface area contributed by atoms with E-state index in [4.69, 9.17) is 0 Å². The number of rotatable bonds is 9. The van der Waals surface area contributed by atoms with E-state index in [0.29, 0.717) is 10.8 Å². The number of sulfonamides is 1. The van der Waals surface area contributed by atoms with Gasteiger partial charge in [-0.05, 0) is 30.0 Å². The third kappa shape index (κ3) is 5.06. The normalized spacial score (nSPS) is 11.9. The predicted molar refractivity (Wildman–Crippen MR) is 76.4 cm³/mol. The Morgan fingerprint density at radius 1 is 1.28 bits per heavy atom. The van der Waals surface area contributed by atoms with Crippen LogP contribution in [0.3, 0.4) is 0 Å². The summed E-state index contributed by atoms with van der Waals surface area (Å²) in [5.41, 5.74) is 1.02. The van der Waals surface area contributed by atoms with Crippen molar-refractivity contribution in [3.8, 4) is 0 Å². The second-order valence-corrected chi connectivity index (χ2v) is 7.06. The number of hydrogen-bond acceptors (Lipinski definition) is 4. The van der Waals surface area contributed by atoms with E-state index in [1.165, 1.54) is 11.3 Å². The fraction of sp³-hybridized carbons (Fsp3) is 0.667. The molecule has 4 nitrogen and oxygen atoms in total. The van der Waals surface area contributed by atoms with Gasteiger partial charge in [0.1, 0.15) is 4.21 Å². The van der Waals surface area contributed by atoms with Crippen LogP contribution in [-0.2, 0) is 16.6 Å². The van der Waals surface area contributed by atoms with Crippen LogP contribution in [0.2, 0.25) is 0 Å². The standard InChI is InChI=1S/C12H22N2O2S2/c1-3-5-6-7-14-18(15,16)12-8-11(10-17-12)9-13-4-2/h8,10,13-14H,3-7,9H2,1-2H3. The van der Waals surface area contributed by atoms with Crippen molar-refractivity contribution in [2.45, 2.75) is 43.9 Å². The van der Waals surface area contributed by atoms with Crippen LogP contribution < -0.4 is 10.0 Å². The van der Waals surface area contributed by atoms with Gasteiger partial charge in [0.25, 0.3) is 0 Å². The third-order valence-electron chi connectivity index (χ3n) is 2.55. The van der Waals surface area contributed by atoms with Gasteiger partial charge in [-0.2, -0.15) is 0 Å². The quantitative estimate of drug-likeness (QED) is 0.686. The van der Waals surface area contributed by atoms with Gasteiger partial charge in [-0.1, -0.05) is 26.7 Å². The first-order valence-corrected chi connectivity index (χ1v) is 8.74. The molecule has 0 aliphatic rings. The van der Waals surface area contributed by atoms with Crippen LogP contribution in [0.4, 0.5) is 0 Å². The van der Waals surface area contributed by atoms with Crippen LogP contribution in [0.15, 0.2) is 15.7 Å². The summed E-state index contributed by atoms with van der Waals surface area (Å²) >= 11 is 1.28. The molecule has 1 aromatic rings. The molecule has 0 saturated heterocycles. The maximum Gasteiger partial charge on any atom is 0.250 e. The molecule has 0 aromatic carbocycles. The van der Waals surface area contributed by atoms with Crippen LogP contribution in [0.5, 0.6) is 0 Å². The molecule has 0 bridgehead atoms. The molecule has 0 saturated carbocycles. The van der Waals surface area contributed by atoms with Gasteiger partial charge in [-0.25, -0.2) is 13.1 Å². The lowest BCUT2D eigenvalue weighted by Crippen LogP contribution is -2.24. The van der Waals surface area contributed by atoms with Crippen molar-refractivity contribution in [3.05, 3.63) is 17.0 Å². The monoisotopic (exact) mass is 290 g/mol. The van der Waals surface area contributed by atoms with Crippen molar-refractivity contribution in [2.75, 3.05) is 13.1 Å². The van der Waals surface area contributed by atoms with Gasteiger partial charge in [0.05, 0.1) is 0 Å². The van der Waals surface area contributed by atoms with E-state index in [9.17, 15) is 8.42 Å². The average molecular weight is 290 g/mol. The first-order valence-electron chi connectivity index (χ1n) is 6.38. The van der Waals surface area contributed by atoms with Gasteiger partial charge in [0.2, 0.25) is 10.0 Å². The summed E-state index contributed by atoms with van der Waals surface area (Å²) in [5, 5.41) is 5.07. The molecule has 1 aromatic heterocycles. The first-order chi connectivity index (χ1) is 8.60. The van der Waals surface area contributed by atoms with E-state index in [-0.39, 0.29) is 0 Å². The lowest BCUT2D eigenvalue weighted by Gasteiger charge is -2.03. The first kappa shape index (κ1) is 15.6. The Hall–Kier alpha value is -0.430. The predicted octanol–water partition coefficient (Wildman–Crippen LogP) is 2.33. The van der Waals surface area contributed by atoms with E-state index < -0.39 is 10.0 Å². The maximum atomic E-state index is 12.0. The molecule has 0 radical (unpaired) electrons. The Kier molecular flexibility index (Phi) is 6.85.